The number of halogens is 6. The first kappa shape index (κ1) is 32.6. The lowest BCUT2D eigenvalue weighted by Crippen LogP contribution is -2.57. The van der Waals surface area contributed by atoms with Crippen molar-refractivity contribution in [1.82, 2.24) is 14.9 Å². The van der Waals surface area contributed by atoms with Gasteiger partial charge < -0.3 is 24.6 Å². The molecule has 40 heavy (non-hydrogen) atoms. The Hall–Kier alpha value is -3.66. The molecule has 2 aliphatic heterocycles. The van der Waals surface area contributed by atoms with E-state index in [1.807, 2.05) is 24.4 Å². The summed E-state index contributed by atoms with van der Waals surface area (Å²) in [5.74, 6) is -3.74. The summed E-state index contributed by atoms with van der Waals surface area (Å²) in [5, 5.41) is 14.2. The Kier molecular flexibility index (Phi) is 11.5. The van der Waals surface area contributed by atoms with Crippen LogP contribution in [0, 0.1) is 0 Å². The molecule has 0 saturated carbocycles. The van der Waals surface area contributed by atoms with Gasteiger partial charge in [0.25, 0.3) is 0 Å². The van der Waals surface area contributed by atoms with Crippen molar-refractivity contribution in [3.63, 3.8) is 0 Å². The van der Waals surface area contributed by atoms with E-state index in [1.54, 1.807) is 13.3 Å². The van der Waals surface area contributed by atoms with Gasteiger partial charge in [0.1, 0.15) is 5.82 Å². The van der Waals surface area contributed by atoms with Gasteiger partial charge in [0.15, 0.2) is 0 Å². The van der Waals surface area contributed by atoms with Gasteiger partial charge in [-0.15, -0.1) is 0 Å². The second-order valence-corrected chi connectivity index (χ2v) is 8.69. The van der Waals surface area contributed by atoms with E-state index in [-0.39, 0.29) is 5.60 Å². The predicted molar refractivity (Wildman–Crippen MR) is 128 cm³/mol. The highest BCUT2D eigenvalue weighted by molar-refractivity contribution is 5.73. The number of carbonyl (C=O) groups is 2. The van der Waals surface area contributed by atoms with Crippen LogP contribution in [0.1, 0.15) is 18.4 Å². The highest BCUT2D eigenvalue weighted by atomic mass is 19.4. The molecule has 0 aromatic carbocycles. The van der Waals surface area contributed by atoms with Gasteiger partial charge in [-0.2, -0.15) is 26.3 Å². The zero-order valence-corrected chi connectivity index (χ0v) is 21.3. The number of pyridine rings is 2. The summed E-state index contributed by atoms with van der Waals surface area (Å²) in [4.78, 5) is 31.4. The lowest BCUT2D eigenvalue weighted by molar-refractivity contribution is -0.193. The molecule has 0 atom stereocenters. The van der Waals surface area contributed by atoms with Gasteiger partial charge in [-0.1, -0.05) is 12.1 Å². The van der Waals surface area contributed by atoms with Crippen molar-refractivity contribution in [2.45, 2.75) is 37.3 Å². The Morgan fingerprint density at radius 1 is 0.950 bits per heavy atom. The number of carboxylic acid groups (broad SMARTS) is 2. The number of carboxylic acids is 2. The minimum Gasteiger partial charge on any atom is -0.481 e. The van der Waals surface area contributed by atoms with E-state index in [9.17, 15) is 26.3 Å². The Bertz CT molecular complexity index is 1070. The molecule has 0 bridgehead atoms. The minimum absolute atomic E-state index is 0.0503. The number of nitrogens with zero attached hydrogens (tertiary/aromatic N) is 4. The van der Waals surface area contributed by atoms with Crippen molar-refractivity contribution in [2.24, 2.45) is 0 Å². The minimum atomic E-state index is -5.08. The van der Waals surface area contributed by atoms with E-state index in [2.05, 4.69) is 31.9 Å². The van der Waals surface area contributed by atoms with E-state index in [0.29, 0.717) is 0 Å². The molecule has 0 aliphatic carbocycles. The van der Waals surface area contributed by atoms with Crippen LogP contribution in [-0.2, 0) is 20.9 Å². The first-order chi connectivity index (χ1) is 18.7. The summed E-state index contributed by atoms with van der Waals surface area (Å²) in [5.41, 5.74) is 1.09. The fourth-order valence-electron chi connectivity index (χ4n) is 3.97. The Morgan fingerprint density at radius 3 is 2.02 bits per heavy atom. The second kappa shape index (κ2) is 14.1. The molecule has 4 heterocycles. The molecular weight excluding hydrogens is 554 g/mol. The molecule has 10 nitrogen and oxygen atoms in total. The zero-order valence-electron chi connectivity index (χ0n) is 21.3. The highest BCUT2D eigenvalue weighted by Crippen LogP contribution is 2.32. The normalized spacial score (nSPS) is 17.1. The maximum Gasteiger partial charge on any atom is 0.490 e. The van der Waals surface area contributed by atoms with Crippen LogP contribution in [-0.4, -0.2) is 94.9 Å². The Labute approximate surface area is 225 Å². The van der Waals surface area contributed by atoms with Crippen LogP contribution in [0.3, 0.4) is 0 Å². The number of hydrogen-bond acceptors (Lipinski definition) is 8. The van der Waals surface area contributed by atoms with Gasteiger partial charge in [0.05, 0.1) is 19.3 Å². The molecule has 2 N–H and O–H groups in total. The molecule has 16 heteroatoms. The molecular formula is C24H28F6N4O6. The third kappa shape index (κ3) is 10.1. The number of methoxy groups -OCH3 is 1. The molecule has 2 aliphatic rings. The average Bonchev–Trinajstić information content (AvgIpc) is 2.91. The summed E-state index contributed by atoms with van der Waals surface area (Å²) in [6, 6.07) is 10.2. The number of alkyl halides is 6. The van der Waals surface area contributed by atoms with Gasteiger partial charge in [0.2, 0.25) is 5.88 Å². The average molecular weight is 582 g/mol. The van der Waals surface area contributed by atoms with Crippen LogP contribution in [0.2, 0.25) is 0 Å². The van der Waals surface area contributed by atoms with E-state index in [0.717, 1.165) is 69.4 Å². The van der Waals surface area contributed by atoms with Gasteiger partial charge in [-0.05, 0) is 31.0 Å². The molecule has 1 spiro atoms. The fourth-order valence-corrected chi connectivity index (χ4v) is 3.97. The van der Waals surface area contributed by atoms with E-state index >= 15 is 0 Å². The van der Waals surface area contributed by atoms with Gasteiger partial charge >= 0.3 is 24.3 Å². The van der Waals surface area contributed by atoms with Crippen LogP contribution in [0.15, 0.2) is 42.7 Å². The summed E-state index contributed by atoms with van der Waals surface area (Å²) in [6.45, 7) is 5.52. The molecule has 2 fully saturated rings. The third-order valence-corrected chi connectivity index (χ3v) is 5.91. The Balaban J connectivity index is 0.000000333. The maximum atomic E-state index is 10.6. The topological polar surface area (TPSA) is 125 Å². The fraction of sp³-hybridized carbons (Fsp3) is 0.500. The number of likely N-dealkylation sites (tertiary alicyclic amines) is 1. The largest absolute Gasteiger partial charge is 0.490 e. The predicted octanol–water partition coefficient (Wildman–Crippen LogP) is 3.62. The Morgan fingerprint density at radius 2 is 1.52 bits per heavy atom. The van der Waals surface area contributed by atoms with Crippen molar-refractivity contribution < 1.29 is 55.6 Å². The van der Waals surface area contributed by atoms with Crippen LogP contribution in [0.25, 0.3) is 0 Å². The lowest BCUT2D eigenvalue weighted by Gasteiger charge is -2.47. The van der Waals surface area contributed by atoms with Crippen LogP contribution >= 0.6 is 0 Å². The van der Waals surface area contributed by atoms with Gasteiger partial charge in [-0.3, -0.25) is 4.90 Å². The van der Waals surface area contributed by atoms with Crippen molar-refractivity contribution in [2.75, 3.05) is 44.8 Å². The third-order valence-electron chi connectivity index (χ3n) is 5.91. The number of piperidine rings is 1. The van der Waals surface area contributed by atoms with Gasteiger partial charge in [0, 0.05) is 50.7 Å². The maximum absolute atomic E-state index is 10.6. The monoisotopic (exact) mass is 582 g/mol. The standard InChI is InChI=1S/C20H26N4O2.2C2HF3O2/c1-25-19-17(5-4-10-22-19)15-23-11-7-20(8-12-23)16-24(13-14-26-20)18-6-2-3-9-21-18;2*3-2(4,5)1(6)7/h2-6,9-10H,7-8,11-16H2,1H3;2*(H,6,7). The number of anilines is 1. The van der Waals surface area contributed by atoms with E-state index in [4.69, 9.17) is 29.3 Å². The molecule has 2 aromatic heterocycles. The quantitative estimate of drug-likeness (QED) is 0.517. The second-order valence-electron chi connectivity index (χ2n) is 8.69. The first-order valence-corrected chi connectivity index (χ1v) is 11.8. The van der Waals surface area contributed by atoms with E-state index in [1.165, 1.54) is 0 Å². The summed E-state index contributed by atoms with van der Waals surface area (Å²) in [6.07, 6.45) is -4.45. The first-order valence-electron chi connectivity index (χ1n) is 11.8. The van der Waals surface area contributed by atoms with E-state index < -0.39 is 24.3 Å². The molecule has 0 amide bonds. The smallest absolute Gasteiger partial charge is 0.481 e. The number of rotatable bonds is 4. The van der Waals surface area contributed by atoms with Crippen molar-refractivity contribution in [3.05, 3.63) is 48.3 Å². The number of morpholine rings is 1. The number of aromatic nitrogens is 2. The molecule has 4 rings (SSSR count). The number of hydrogen-bond donors (Lipinski definition) is 2. The lowest BCUT2D eigenvalue weighted by atomic mass is 9.89. The van der Waals surface area contributed by atoms with Crippen LogP contribution in [0.5, 0.6) is 5.88 Å². The highest BCUT2D eigenvalue weighted by Gasteiger charge is 2.40. The molecule has 0 unspecified atom stereocenters. The molecule has 222 valence electrons. The molecule has 2 saturated heterocycles. The van der Waals surface area contributed by atoms with Crippen molar-refractivity contribution in [3.8, 4) is 5.88 Å². The summed E-state index contributed by atoms with van der Waals surface area (Å²) in [7, 11) is 1.68. The van der Waals surface area contributed by atoms with Gasteiger partial charge in [-0.25, -0.2) is 19.6 Å². The zero-order chi connectivity index (χ0) is 30.0. The molecule has 2 aromatic rings. The number of aliphatic carboxylic acids is 2. The summed E-state index contributed by atoms with van der Waals surface area (Å²) < 4.78 is 75.1. The SMILES string of the molecule is COc1ncccc1CN1CCC2(CC1)CN(c1ccccn1)CCO2.O=C(O)C(F)(F)F.O=C(O)C(F)(F)F. The van der Waals surface area contributed by atoms with Crippen molar-refractivity contribution >= 4 is 17.8 Å². The van der Waals surface area contributed by atoms with Crippen LogP contribution < -0.4 is 9.64 Å². The molecule has 0 radical (unpaired) electrons. The summed E-state index contributed by atoms with van der Waals surface area (Å²) >= 11 is 0. The van der Waals surface area contributed by atoms with Crippen molar-refractivity contribution in [1.29, 1.82) is 0 Å². The van der Waals surface area contributed by atoms with Crippen LogP contribution in [0.4, 0.5) is 32.2 Å². The number of ether oxygens (including phenoxy) is 2.